The summed E-state index contributed by atoms with van der Waals surface area (Å²) in [6, 6.07) is 0.0315. The first-order valence-corrected chi connectivity index (χ1v) is 7.41. The van der Waals surface area contributed by atoms with E-state index in [1.165, 1.54) is 25.0 Å². The Kier molecular flexibility index (Phi) is 6.88. The van der Waals surface area contributed by atoms with Gasteiger partial charge in [-0.25, -0.2) is 0 Å². The van der Waals surface area contributed by atoms with Crippen molar-refractivity contribution in [3.63, 3.8) is 0 Å². The Morgan fingerprint density at radius 1 is 1.56 bits per heavy atom. The molecule has 0 aromatic rings. The van der Waals surface area contributed by atoms with Crippen LogP contribution in [0.4, 0.5) is 0 Å². The Hall–Kier alpha value is -0.220. The number of carbonyl (C=O) groups excluding carboxylic acids is 1. The van der Waals surface area contributed by atoms with Gasteiger partial charge in [-0.2, -0.15) is 11.8 Å². The van der Waals surface area contributed by atoms with Crippen molar-refractivity contribution < 1.29 is 4.79 Å². The van der Waals surface area contributed by atoms with E-state index in [4.69, 9.17) is 5.73 Å². The van der Waals surface area contributed by atoms with Gasteiger partial charge in [0.25, 0.3) is 0 Å². The Bertz CT molecular complexity index is 205. The van der Waals surface area contributed by atoms with Gasteiger partial charge in [-0.3, -0.25) is 4.79 Å². The highest BCUT2D eigenvalue weighted by Gasteiger charge is 2.15. The summed E-state index contributed by atoms with van der Waals surface area (Å²) in [7, 11) is 0. The van der Waals surface area contributed by atoms with Crippen molar-refractivity contribution in [2.24, 2.45) is 5.73 Å². The fourth-order valence-corrected chi connectivity index (χ4v) is 3.22. The Morgan fingerprint density at radius 2 is 2.38 bits per heavy atom. The number of amides is 1. The van der Waals surface area contributed by atoms with Crippen LogP contribution in [0.3, 0.4) is 0 Å². The summed E-state index contributed by atoms with van der Waals surface area (Å²) >= 11 is 1.99. The molecular formula is C12H24N2OS. The predicted molar refractivity (Wildman–Crippen MR) is 70.6 cm³/mol. The molecule has 3 nitrogen and oxygen atoms in total. The van der Waals surface area contributed by atoms with Gasteiger partial charge in [0, 0.05) is 24.3 Å². The number of hydrogen-bond acceptors (Lipinski definition) is 3. The second-order valence-corrected chi connectivity index (χ2v) is 5.95. The van der Waals surface area contributed by atoms with Crippen LogP contribution in [0.2, 0.25) is 0 Å². The summed E-state index contributed by atoms with van der Waals surface area (Å²) < 4.78 is 0. The van der Waals surface area contributed by atoms with Crippen molar-refractivity contribution in [3.8, 4) is 0 Å². The van der Waals surface area contributed by atoms with Gasteiger partial charge in [0.2, 0.25) is 5.91 Å². The second-order valence-electron chi connectivity index (χ2n) is 4.55. The standard InChI is InChI=1S/C12H24N2OS/c1-2-5-10(13)8-12(15)14-9-11-6-3-4-7-16-11/h10-11H,2-9,13H2,1H3,(H,14,15). The third kappa shape index (κ3) is 5.75. The van der Waals surface area contributed by atoms with E-state index in [1.54, 1.807) is 0 Å². The van der Waals surface area contributed by atoms with Crippen molar-refractivity contribution in [1.29, 1.82) is 0 Å². The van der Waals surface area contributed by atoms with Crippen molar-refractivity contribution in [1.82, 2.24) is 5.32 Å². The van der Waals surface area contributed by atoms with Crippen LogP contribution in [0.1, 0.15) is 45.4 Å². The first-order valence-electron chi connectivity index (χ1n) is 6.36. The molecule has 1 saturated heterocycles. The van der Waals surface area contributed by atoms with E-state index in [1.807, 2.05) is 11.8 Å². The SMILES string of the molecule is CCCC(N)CC(=O)NCC1CCCCS1. The molecule has 94 valence electrons. The van der Waals surface area contributed by atoms with Crippen molar-refractivity contribution in [2.45, 2.75) is 56.7 Å². The molecule has 1 aliphatic rings. The zero-order valence-electron chi connectivity index (χ0n) is 10.2. The zero-order valence-corrected chi connectivity index (χ0v) is 11.0. The van der Waals surface area contributed by atoms with Crippen LogP contribution in [0, 0.1) is 0 Å². The number of rotatable bonds is 6. The lowest BCUT2D eigenvalue weighted by Gasteiger charge is -2.21. The lowest BCUT2D eigenvalue weighted by Crippen LogP contribution is -2.35. The predicted octanol–water partition coefficient (Wildman–Crippen LogP) is 1.91. The van der Waals surface area contributed by atoms with Crippen LogP contribution < -0.4 is 11.1 Å². The summed E-state index contributed by atoms with van der Waals surface area (Å²) in [5.74, 6) is 1.36. The summed E-state index contributed by atoms with van der Waals surface area (Å²) in [6.07, 6.45) is 6.34. The Labute approximate surface area is 103 Å². The largest absolute Gasteiger partial charge is 0.355 e. The minimum absolute atomic E-state index is 0.0315. The third-order valence-corrected chi connectivity index (χ3v) is 4.31. The fraction of sp³-hybridized carbons (Fsp3) is 0.917. The Balaban J connectivity index is 2.09. The number of nitrogens with one attached hydrogen (secondary N) is 1. The lowest BCUT2D eigenvalue weighted by atomic mass is 10.1. The minimum atomic E-state index is 0.0315. The van der Waals surface area contributed by atoms with Gasteiger partial charge in [-0.15, -0.1) is 0 Å². The van der Waals surface area contributed by atoms with E-state index < -0.39 is 0 Å². The second kappa shape index (κ2) is 7.96. The molecule has 0 aromatic carbocycles. The van der Waals surface area contributed by atoms with E-state index in [9.17, 15) is 4.79 Å². The number of nitrogens with two attached hydrogens (primary N) is 1. The van der Waals surface area contributed by atoms with Crippen LogP contribution in [-0.4, -0.2) is 29.5 Å². The van der Waals surface area contributed by atoms with Gasteiger partial charge in [-0.1, -0.05) is 19.8 Å². The number of thioether (sulfide) groups is 1. The fourth-order valence-electron chi connectivity index (χ4n) is 1.98. The first-order chi connectivity index (χ1) is 7.72. The molecule has 1 fully saturated rings. The quantitative estimate of drug-likeness (QED) is 0.750. The zero-order chi connectivity index (χ0) is 11.8. The first kappa shape index (κ1) is 13.8. The molecule has 0 spiro atoms. The molecule has 1 amide bonds. The van der Waals surface area contributed by atoms with Gasteiger partial charge in [-0.05, 0) is 25.0 Å². The van der Waals surface area contributed by atoms with Crippen LogP contribution in [0.25, 0.3) is 0 Å². The normalized spacial score (nSPS) is 22.8. The molecule has 0 aromatic heterocycles. The number of carbonyl (C=O) groups is 1. The smallest absolute Gasteiger partial charge is 0.221 e. The highest BCUT2D eigenvalue weighted by molar-refractivity contribution is 7.99. The maximum atomic E-state index is 11.6. The van der Waals surface area contributed by atoms with Gasteiger partial charge in [0.1, 0.15) is 0 Å². The molecule has 2 unspecified atom stereocenters. The van der Waals surface area contributed by atoms with Crippen molar-refractivity contribution in [3.05, 3.63) is 0 Å². The molecule has 1 aliphatic heterocycles. The van der Waals surface area contributed by atoms with Crippen LogP contribution in [0.5, 0.6) is 0 Å². The van der Waals surface area contributed by atoms with E-state index in [-0.39, 0.29) is 11.9 Å². The van der Waals surface area contributed by atoms with Crippen LogP contribution in [-0.2, 0) is 4.79 Å². The Morgan fingerprint density at radius 3 is 3.00 bits per heavy atom. The average molecular weight is 244 g/mol. The molecule has 0 bridgehead atoms. The lowest BCUT2D eigenvalue weighted by molar-refractivity contribution is -0.121. The van der Waals surface area contributed by atoms with Crippen LogP contribution >= 0.6 is 11.8 Å². The summed E-state index contributed by atoms with van der Waals surface area (Å²) in [4.78, 5) is 11.6. The molecule has 16 heavy (non-hydrogen) atoms. The monoisotopic (exact) mass is 244 g/mol. The highest BCUT2D eigenvalue weighted by atomic mass is 32.2. The highest BCUT2D eigenvalue weighted by Crippen LogP contribution is 2.24. The van der Waals surface area contributed by atoms with Gasteiger partial charge < -0.3 is 11.1 Å². The molecule has 4 heteroatoms. The van der Waals surface area contributed by atoms with Crippen LogP contribution in [0.15, 0.2) is 0 Å². The van der Waals surface area contributed by atoms with E-state index in [0.717, 1.165) is 19.4 Å². The van der Waals surface area contributed by atoms with Crippen molar-refractivity contribution in [2.75, 3.05) is 12.3 Å². The molecular weight excluding hydrogens is 220 g/mol. The maximum absolute atomic E-state index is 11.6. The maximum Gasteiger partial charge on any atom is 0.221 e. The van der Waals surface area contributed by atoms with E-state index in [0.29, 0.717) is 11.7 Å². The number of hydrogen-bond donors (Lipinski definition) is 2. The topological polar surface area (TPSA) is 55.1 Å². The van der Waals surface area contributed by atoms with Gasteiger partial charge in [0.15, 0.2) is 0 Å². The molecule has 2 atom stereocenters. The molecule has 0 radical (unpaired) electrons. The summed E-state index contributed by atoms with van der Waals surface area (Å²) in [6.45, 7) is 2.92. The molecule has 0 aliphatic carbocycles. The molecule has 0 saturated carbocycles. The molecule has 3 N–H and O–H groups in total. The van der Waals surface area contributed by atoms with Gasteiger partial charge in [0.05, 0.1) is 0 Å². The van der Waals surface area contributed by atoms with Crippen molar-refractivity contribution >= 4 is 17.7 Å². The average Bonchev–Trinajstić information content (AvgIpc) is 2.28. The van der Waals surface area contributed by atoms with Gasteiger partial charge >= 0.3 is 0 Å². The third-order valence-electron chi connectivity index (χ3n) is 2.91. The summed E-state index contributed by atoms with van der Waals surface area (Å²) in [5, 5.41) is 3.63. The minimum Gasteiger partial charge on any atom is -0.355 e. The summed E-state index contributed by atoms with van der Waals surface area (Å²) in [5.41, 5.74) is 5.83. The molecule has 1 rings (SSSR count). The molecule has 1 heterocycles. The van der Waals surface area contributed by atoms with E-state index >= 15 is 0 Å². The van der Waals surface area contributed by atoms with E-state index in [2.05, 4.69) is 12.2 Å².